The fourth-order valence-corrected chi connectivity index (χ4v) is 2.25. The van der Waals surface area contributed by atoms with Crippen LogP contribution in [0, 0.1) is 5.41 Å². The van der Waals surface area contributed by atoms with Crippen LogP contribution in [0.2, 0.25) is 0 Å². The van der Waals surface area contributed by atoms with Crippen molar-refractivity contribution in [3.05, 3.63) is 11.8 Å². The van der Waals surface area contributed by atoms with Crippen LogP contribution in [-0.2, 0) is 0 Å². The molecule has 0 saturated carbocycles. The van der Waals surface area contributed by atoms with Gasteiger partial charge in [0.05, 0.1) is 0 Å². The van der Waals surface area contributed by atoms with Crippen molar-refractivity contribution in [2.24, 2.45) is 5.41 Å². The molecule has 1 heteroatoms. The zero-order valence-electron chi connectivity index (χ0n) is 7.56. The smallest absolute Gasteiger partial charge is 0.0183 e. The van der Waals surface area contributed by atoms with E-state index in [0.717, 1.165) is 0 Å². The minimum absolute atomic E-state index is 0.473. The Morgan fingerprint density at radius 2 is 2.18 bits per heavy atom. The molecule has 0 aromatic rings. The lowest BCUT2D eigenvalue weighted by Gasteiger charge is -2.29. The second kappa shape index (κ2) is 2.26. The average molecular weight is 151 g/mol. The third kappa shape index (κ3) is 1.07. The average Bonchev–Trinajstić information content (AvgIpc) is 2.29. The van der Waals surface area contributed by atoms with Gasteiger partial charge in [-0.1, -0.05) is 19.9 Å². The zero-order valence-corrected chi connectivity index (χ0v) is 7.56. The molecule has 2 aliphatic heterocycles. The molecule has 0 aromatic heterocycles. The Bertz CT molecular complexity index is 191. The number of rotatable bonds is 0. The monoisotopic (exact) mass is 151 g/mol. The number of allylic oxidation sites excluding steroid dienone is 2. The van der Waals surface area contributed by atoms with Gasteiger partial charge in [0, 0.05) is 24.2 Å². The lowest BCUT2D eigenvalue weighted by molar-refractivity contribution is 0.348. The van der Waals surface area contributed by atoms with Gasteiger partial charge < -0.3 is 4.90 Å². The molecule has 0 radical (unpaired) electrons. The van der Waals surface area contributed by atoms with E-state index in [1.54, 1.807) is 5.70 Å². The van der Waals surface area contributed by atoms with Crippen molar-refractivity contribution in [1.82, 2.24) is 4.90 Å². The van der Waals surface area contributed by atoms with E-state index >= 15 is 0 Å². The zero-order chi connectivity index (χ0) is 7.90. The Kier molecular flexibility index (Phi) is 1.48. The Morgan fingerprint density at radius 3 is 2.91 bits per heavy atom. The molecule has 0 N–H and O–H groups in total. The minimum Gasteiger partial charge on any atom is -0.375 e. The Morgan fingerprint density at radius 1 is 1.36 bits per heavy atom. The Hall–Kier alpha value is -0.460. The van der Waals surface area contributed by atoms with Crippen molar-refractivity contribution in [3.8, 4) is 0 Å². The minimum atomic E-state index is 0.473. The van der Waals surface area contributed by atoms with Crippen LogP contribution in [0.3, 0.4) is 0 Å². The van der Waals surface area contributed by atoms with Crippen molar-refractivity contribution in [1.29, 1.82) is 0 Å². The van der Waals surface area contributed by atoms with E-state index in [2.05, 4.69) is 24.8 Å². The van der Waals surface area contributed by atoms with Crippen LogP contribution in [0.4, 0.5) is 0 Å². The molecule has 1 saturated heterocycles. The number of fused-ring (bicyclic) bond motifs is 1. The molecule has 0 bridgehead atoms. The third-order valence-electron chi connectivity index (χ3n) is 3.01. The van der Waals surface area contributed by atoms with Crippen LogP contribution >= 0.6 is 0 Å². The maximum Gasteiger partial charge on any atom is 0.0183 e. The summed E-state index contributed by atoms with van der Waals surface area (Å²) < 4.78 is 0. The topological polar surface area (TPSA) is 3.24 Å². The summed E-state index contributed by atoms with van der Waals surface area (Å²) in [4.78, 5) is 2.56. The van der Waals surface area contributed by atoms with Gasteiger partial charge >= 0.3 is 0 Å². The molecule has 0 unspecified atom stereocenters. The lowest BCUT2D eigenvalue weighted by atomic mass is 9.88. The summed E-state index contributed by atoms with van der Waals surface area (Å²) in [5.74, 6) is 0. The molecule has 0 atom stereocenters. The van der Waals surface area contributed by atoms with Crippen molar-refractivity contribution in [2.45, 2.75) is 33.1 Å². The molecule has 1 nitrogen and oxygen atoms in total. The molecule has 2 aliphatic rings. The van der Waals surface area contributed by atoms with Gasteiger partial charge in [-0.2, -0.15) is 0 Å². The molecule has 2 rings (SSSR count). The van der Waals surface area contributed by atoms with Crippen LogP contribution in [0.5, 0.6) is 0 Å². The molecule has 0 aromatic carbocycles. The van der Waals surface area contributed by atoms with E-state index < -0.39 is 0 Å². The van der Waals surface area contributed by atoms with Crippen LogP contribution < -0.4 is 0 Å². The fraction of sp³-hybridized carbons (Fsp3) is 0.800. The van der Waals surface area contributed by atoms with E-state index in [4.69, 9.17) is 0 Å². The summed E-state index contributed by atoms with van der Waals surface area (Å²) in [6.45, 7) is 7.32. The van der Waals surface area contributed by atoms with Crippen molar-refractivity contribution < 1.29 is 0 Å². The van der Waals surface area contributed by atoms with Gasteiger partial charge in [-0.15, -0.1) is 0 Å². The second-order valence-corrected chi connectivity index (χ2v) is 4.35. The molecule has 0 amide bonds. The highest BCUT2D eigenvalue weighted by Crippen LogP contribution is 2.41. The largest absolute Gasteiger partial charge is 0.375 e. The maximum absolute atomic E-state index is 2.56. The van der Waals surface area contributed by atoms with Crippen LogP contribution in [0.25, 0.3) is 0 Å². The van der Waals surface area contributed by atoms with Crippen molar-refractivity contribution in [3.63, 3.8) is 0 Å². The first-order chi connectivity index (χ1) is 5.20. The van der Waals surface area contributed by atoms with Crippen LogP contribution in [0.15, 0.2) is 11.8 Å². The Balaban J connectivity index is 2.27. The molecule has 62 valence electrons. The van der Waals surface area contributed by atoms with Gasteiger partial charge in [-0.3, -0.25) is 0 Å². The van der Waals surface area contributed by atoms with Gasteiger partial charge in [0.2, 0.25) is 0 Å². The maximum atomic E-state index is 2.56. The molecule has 1 fully saturated rings. The Labute approximate surface area is 69.1 Å². The predicted molar refractivity (Wildman–Crippen MR) is 47.3 cm³/mol. The lowest BCUT2D eigenvalue weighted by Crippen LogP contribution is -2.25. The van der Waals surface area contributed by atoms with Gasteiger partial charge in [0.1, 0.15) is 0 Å². The summed E-state index contributed by atoms with van der Waals surface area (Å²) in [5, 5.41) is 0. The van der Waals surface area contributed by atoms with E-state index in [-0.39, 0.29) is 0 Å². The summed E-state index contributed by atoms with van der Waals surface area (Å²) in [6.07, 6.45) is 6.45. The van der Waals surface area contributed by atoms with E-state index in [1.807, 2.05) is 0 Å². The number of hydrogen-bond donors (Lipinski definition) is 0. The summed E-state index contributed by atoms with van der Waals surface area (Å²) in [7, 11) is 0. The summed E-state index contributed by atoms with van der Waals surface area (Å²) in [5.41, 5.74) is 2.09. The van der Waals surface area contributed by atoms with Crippen molar-refractivity contribution in [2.75, 3.05) is 13.1 Å². The normalized spacial score (nSPS) is 28.2. The summed E-state index contributed by atoms with van der Waals surface area (Å²) in [6, 6.07) is 0. The number of hydrogen-bond acceptors (Lipinski definition) is 1. The molecule has 11 heavy (non-hydrogen) atoms. The van der Waals surface area contributed by atoms with E-state index in [9.17, 15) is 0 Å². The van der Waals surface area contributed by atoms with Gasteiger partial charge in [-0.25, -0.2) is 0 Å². The standard InChI is InChI=1S/C10H17N/c1-10(2)6-8-11-7-4-3-5-9(10)11/h5H,3-4,6-8H2,1-2H3. The first-order valence-corrected chi connectivity index (χ1v) is 4.66. The molecular weight excluding hydrogens is 134 g/mol. The van der Waals surface area contributed by atoms with Gasteiger partial charge in [0.15, 0.2) is 0 Å². The number of nitrogens with zero attached hydrogens (tertiary/aromatic N) is 1. The summed E-state index contributed by atoms with van der Waals surface area (Å²) >= 11 is 0. The van der Waals surface area contributed by atoms with Gasteiger partial charge in [-0.05, 0) is 19.3 Å². The third-order valence-corrected chi connectivity index (χ3v) is 3.01. The highest BCUT2D eigenvalue weighted by molar-refractivity contribution is 5.17. The first-order valence-electron chi connectivity index (χ1n) is 4.66. The first kappa shape index (κ1) is 7.20. The predicted octanol–water partition coefficient (Wildman–Crippen LogP) is 2.40. The second-order valence-electron chi connectivity index (χ2n) is 4.35. The SMILES string of the molecule is CC1(C)CCN2CCCC=C21. The van der Waals surface area contributed by atoms with E-state index in [0.29, 0.717) is 5.41 Å². The molecule has 0 spiro atoms. The highest BCUT2D eigenvalue weighted by Gasteiger charge is 2.34. The van der Waals surface area contributed by atoms with Crippen molar-refractivity contribution >= 4 is 0 Å². The quantitative estimate of drug-likeness (QED) is 0.514. The van der Waals surface area contributed by atoms with Crippen LogP contribution in [0.1, 0.15) is 33.1 Å². The van der Waals surface area contributed by atoms with Gasteiger partial charge in [0.25, 0.3) is 0 Å². The molecular formula is C10H17N. The molecule has 0 aliphatic carbocycles. The van der Waals surface area contributed by atoms with E-state index in [1.165, 1.54) is 32.4 Å². The molecule has 2 heterocycles. The fourth-order valence-electron chi connectivity index (χ4n) is 2.25. The van der Waals surface area contributed by atoms with Crippen LogP contribution in [-0.4, -0.2) is 18.0 Å². The highest BCUT2D eigenvalue weighted by atomic mass is 15.2.